The van der Waals surface area contributed by atoms with Gasteiger partial charge in [-0.2, -0.15) is 0 Å². The normalized spacial score (nSPS) is 16.4. The van der Waals surface area contributed by atoms with Crippen LogP contribution < -0.4 is 16.4 Å². The number of carbonyl (C=O) groups excluding carboxylic acids is 1. The molecule has 0 aliphatic carbocycles. The molecule has 1 aromatic carbocycles. The molecule has 156 valence electrons. The molecule has 3 rings (SSSR count). The fourth-order valence-electron chi connectivity index (χ4n) is 3.42. The van der Waals surface area contributed by atoms with Crippen molar-refractivity contribution in [2.24, 2.45) is 5.73 Å². The summed E-state index contributed by atoms with van der Waals surface area (Å²) in [6.45, 7) is 6.33. The molecule has 7 nitrogen and oxygen atoms in total. The lowest BCUT2D eigenvalue weighted by Crippen LogP contribution is -2.29. The summed E-state index contributed by atoms with van der Waals surface area (Å²) >= 11 is 6.19. The van der Waals surface area contributed by atoms with E-state index >= 15 is 0 Å². The van der Waals surface area contributed by atoms with Gasteiger partial charge in [0.2, 0.25) is 0 Å². The van der Waals surface area contributed by atoms with E-state index in [0.717, 1.165) is 25.2 Å². The van der Waals surface area contributed by atoms with E-state index in [9.17, 15) is 4.79 Å². The molecule has 0 spiro atoms. The van der Waals surface area contributed by atoms with Crippen molar-refractivity contribution in [2.45, 2.75) is 45.1 Å². The van der Waals surface area contributed by atoms with Crippen molar-refractivity contribution >= 4 is 34.8 Å². The van der Waals surface area contributed by atoms with Gasteiger partial charge in [-0.3, -0.25) is 4.79 Å². The highest BCUT2D eigenvalue weighted by atomic mass is 35.5. The number of nitrogens with zero attached hydrogens (tertiary/aromatic N) is 3. The van der Waals surface area contributed by atoms with Gasteiger partial charge in [-0.1, -0.05) is 30.7 Å². The average Bonchev–Trinajstić information content (AvgIpc) is 2.71. The van der Waals surface area contributed by atoms with Gasteiger partial charge < -0.3 is 21.3 Å². The van der Waals surface area contributed by atoms with Crippen molar-refractivity contribution in [3.05, 3.63) is 40.7 Å². The van der Waals surface area contributed by atoms with E-state index < -0.39 is 5.91 Å². The first-order valence-corrected chi connectivity index (χ1v) is 10.4. The Hall–Kier alpha value is -2.38. The molecule has 1 fully saturated rings. The number of nitrogens with two attached hydrogens (primary N) is 1. The van der Waals surface area contributed by atoms with Crippen molar-refractivity contribution in [2.75, 3.05) is 30.8 Å². The average molecular weight is 417 g/mol. The molecule has 0 bridgehead atoms. The van der Waals surface area contributed by atoms with Gasteiger partial charge in [0, 0.05) is 11.7 Å². The number of hydrogen-bond donors (Lipinski definition) is 3. The fraction of sp³-hybridized carbons (Fsp3) is 0.476. The molecule has 0 saturated carbocycles. The van der Waals surface area contributed by atoms with Gasteiger partial charge in [-0.15, -0.1) is 0 Å². The molecule has 1 aliphatic heterocycles. The number of aromatic nitrogens is 2. The maximum absolute atomic E-state index is 11.8. The Morgan fingerprint density at radius 2 is 1.90 bits per heavy atom. The van der Waals surface area contributed by atoms with E-state index in [-0.39, 0.29) is 16.9 Å². The maximum atomic E-state index is 11.8. The third kappa shape index (κ3) is 5.36. The Labute approximate surface area is 177 Å². The van der Waals surface area contributed by atoms with Gasteiger partial charge in [-0.25, -0.2) is 9.97 Å². The monoisotopic (exact) mass is 416 g/mol. The Bertz CT molecular complexity index is 849. The van der Waals surface area contributed by atoms with Crippen molar-refractivity contribution in [1.29, 1.82) is 0 Å². The summed E-state index contributed by atoms with van der Waals surface area (Å²) in [7, 11) is 2.16. The minimum atomic E-state index is -0.681. The molecule has 2 heterocycles. The van der Waals surface area contributed by atoms with Gasteiger partial charge in [0.1, 0.15) is 0 Å². The van der Waals surface area contributed by atoms with E-state index in [0.29, 0.717) is 17.6 Å². The smallest absolute Gasteiger partial charge is 0.271 e. The first-order valence-electron chi connectivity index (χ1n) is 10.1. The fourth-order valence-corrected chi connectivity index (χ4v) is 3.60. The number of anilines is 3. The van der Waals surface area contributed by atoms with Crippen LogP contribution in [0.4, 0.5) is 17.3 Å². The van der Waals surface area contributed by atoms with Crippen LogP contribution in [0.3, 0.4) is 0 Å². The molecular formula is C21H29ClN6O. The van der Waals surface area contributed by atoms with Crippen molar-refractivity contribution in [3.8, 4) is 0 Å². The van der Waals surface area contributed by atoms with Gasteiger partial charge in [0.15, 0.2) is 22.5 Å². The number of benzene rings is 1. The second-order valence-corrected chi connectivity index (χ2v) is 8.06. The maximum Gasteiger partial charge on any atom is 0.271 e. The van der Waals surface area contributed by atoms with Crippen molar-refractivity contribution in [3.63, 3.8) is 0 Å². The number of amides is 1. The molecule has 1 saturated heterocycles. The van der Waals surface area contributed by atoms with Crippen LogP contribution in [0.1, 0.15) is 55.1 Å². The molecule has 29 heavy (non-hydrogen) atoms. The summed E-state index contributed by atoms with van der Waals surface area (Å²) in [6, 6.07) is 8.42. The topological polar surface area (TPSA) is 96.2 Å². The molecule has 1 aliphatic rings. The van der Waals surface area contributed by atoms with E-state index in [2.05, 4.69) is 51.6 Å². The number of piperidine rings is 1. The number of halogens is 1. The van der Waals surface area contributed by atoms with E-state index in [1.54, 1.807) is 0 Å². The highest BCUT2D eigenvalue weighted by Crippen LogP contribution is 2.30. The molecule has 4 N–H and O–H groups in total. The first kappa shape index (κ1) is 21.3. The number of primary amides is 1. The molecular weight excluding hydrogens is 388 g/mol. The van der Waals surface area contributed by atoms with E-state index in [1.165, 1.54) is 18.4 Å². The van der Waals surface area contributed by atoms with Crippen LogP contribution >= 0.6 is 11.6 Å². The van der Waals surface area contributed by atoms with Crippen LogP contribution in [0.2, 0.25) is 5.15 Å². The standard InChI is InChI=1S/C21H29ClN6O/c1-4-13(2)24-21-18(22)26-17(19(23)29)20(27-21)25-16-7-5-14(6-8-16)15-9-11-28(3)12-10-15/h5-8,13,15H,4,9-12H2,1-3H3,(H2,23,29)(H2,24,25,27). The Morgan fingerprint density at radius 3 is 2.48 bits per heavy atom. The molecule has 1 unspecified atom stereocenters. The van der Waals surface area contributed by atoms with Gasteiger partial charge >= 0.3 is 0 Å². The summed E-state index contributed by atoms with van der Waals surface area (Å²) in [6.07, 6.45) is 3.24. The molecule has 8 heteroatoms. The van der Waals surface area contributed by atoms with Gasteiger partial charge in [0.25, 0.3) is 5.91 Å². The zero-order valence-electron chi connectivity index (χ0n) is 17.2. The summed E-state index contributed by atoms with van der Waals surface area (Å²) in [5.41, 5.74) is 7.65. The van der Waals surface area contributed by atoms with Crippen LogP contribution in [0, 0.1) is 0 Å². The quantitative estimate of drug-likeness (QED) is 0.631. The minimum absolute atomic E-state index is 0.0177. The third-order valence-corrected chi connectivity index (χ3v) is 5.71. The predicted octanol–water partition coefficient (Wildman–Crippen LogP) is 3.99. The zero-order valence-corrected chi connectivity index (χ0v) is 18.0. The van der Waals surface area contributed by atoms with Gasteiger partial charge in [0.05, 0.1) is 0 Å². The molecule has 1 atom stereocenters. The van der Waals surface area contributed by atoms with Crippen LogP contribution in [-0.4, -0.2) is 47.0 Å². The molecule has 1 amide bonds. The number of rotatable bonds is 7. The predicted molar refractivity (Wildman–Crippen MR) is 118 cm³/mol. The number of likely N-dealkylation sites (tertiary alicyclic amines) is 1. The summed E-state index contributed by atoms with van der Waals surface area (Å²) < 4.78 is 0. The lowest BCUT2D eigenvalue weighted by molar-refractivity contribution is 0.0996. The second-order valence-electron chi connectivity index (χ2n) is 7.70. The molecule has 0 radical (unpaired) electrons. The van der Waals surface area contributed by atoms with E-state index in [4.69, 9.17) is 17.3 Å². The zero-order chi connectivity index (χ0) is 21.0. The number of carbonyl (C=O) groups is 1. The number of nitrogens with one attached hydrogen (secondary N) is 2. The lowest BCUT2D eigenvalue weighted by atomic mass is 9.89. The van der Waals surface area contributed by atoms with Gasteiger partial charge in [-0.05, 0) is 69.9 Å². The number of hydrogen-bond acceptors (Lipinski definition) is 6. The largest absolute Gasteiger partial charge is 0.365 e. The SMILES string of the molecule is CCC(C)Nc1nc(Nc2ccc(C3CCN(C)CC3)cc2)c(C(N)=O)nc1Cl. The summed E-state index contributed by atoms with van der Waals surface area (Å²) in [4.78, 5) is 22.8. The Kier molecular flexibility index (Phi) is 6.92. The lowest BCUT2D eigenvalue weighted by Gasteiger charge is -2.29. The minimum Gasteiger partial charge on any atom is -0.365 e. The Morgan fingerprint density at radius 1 is 1.24 bits per heavy atom. The first-order chi connectivity index (χ1) is 13.9. The van der Waals surface area contributed by atoms with Crippen LogP contribution in [-0.2, 0) is 0 Å². The summed E-state index contributed by atoms with van der Waals surface area (Å²) in [5, 5.41) is 6.50. The summed E-state index contributed by atoms with van der Waals surface area (Å²) in [5.74, 6) is 0.624. The van der Waals surface area contributed by atoms with Crippen LogP contribution in [0.15, 0.2) is 24.3 Å². The van der Waals surface area contributed by atoms with Crippen molar-refractivity contribution in [1.82, 2.24) is 14.9 Å². The highest BCUT2D eigenvalue weighted by Gasteiger charge is 2.20. The third-order valence-electron chi connectivity index (χ3n) is 5.45. The van der Waals surface area contributed by atoms with Crippen LogP contribution in [0.25, 0.3) is 0 Å². The second kappa shape index (κ2) is 9.41. The van der Waals surface area contributed by atoms with E-state index in [1.807, 2.05) is 19.1 Å². The Balaban J connectivity index is 1.80. The van der Waals surface area contributed by atoms with Crippen LogP contribution in [0.5, 0.6) is 0 Å². The van der Waals surface area contributed by atoms with Crippen molar-refractivity contribution < 1.29 is 4.79 Å². The molecule has 1 aromatic heterocycles. The highest BCUT2D eigenvalue weighted by molar-refractivity contribution is 6.32. The molecule has 2 aromatic rings.